The molecule has 1 atom stereocenters. The number of ether oxygens (including phenoxy) is 1. The van der Waals surface area contributed by atoms with Crippen LogP contribution in [0.3, 0.4) is 0 Å². The molecule has 168 valence electrons. The lowest BCUT2D eigenvalue weighted by Crippen LogP contribution is -2.26. The number of imidazole rings is 1. The van der Waals surface area contributed by atoms with Gasteiger partial charge in [0, 0.05) is 29.3 Å². The Morgan fingerprint density at radius 1 is 1.21 bits per heavy atom. The summed E-state index contributed by atoms with van der Waals surface area (Å²) in [6.45, 7) is -2.89. The number of anilines is 1. The molecule has 8 nitrogen and oxygen atoms in total. The lowest BCUT2D eigenvalue weighted by atomic mass is 9.79. The number of allylic oxidation sites excluding steroid dienone is 2. The second-order valence-corrected chi connectivity index (χ2v) is 8.78. The molecule has 6 rings (SSSR count). The summed E-state index contributed by atoms with van der Waals surface area (Å²) in [5, 5.41) is 11.5. The highest BCUT2D eigenvalue weighted by atomic mass is 32.2. The van der Waals surface area contributed by atoms with E-state index in [9.17, 15) is 13.6 Å². The number of aromatic nitrogens is 4. The van der Waals surface area contributed by atoms with E-state index in [0.29, 0.717) is 33.5 Å². The van der Waals surface area contributed by atoms with Gasteiger partial charge in [-0.3, -0.25) is 9.89 Å². The molecule has 0 amide bonds. The van der Waals surface area contributed by atoms with Crippen LogP contribution in [-0.2, 0) is 4.79 Å². The number of carbonyl (C=O) groups excluding carboxylic acids is 1. The van der Waals surface area contributed by atoms with Crippen molar-refractivity contribution in [1.29, 1.82) is 0 Å². The highest BCUT2D eigenvalue weighted by Gasteiger charge is 2.37. The maximum Gasteiger partial charge on any atom is 0.387 e. The second kappa shape index (κ2) is 7.77. The number of Topliss-reactive ketones (excluding diaryl/α,β-unsaturated/α-hetero) is 1. The Morgan fingerprint density at radius 2 is 2.12 bits per heavy atom. The van der Waals surface area contributed by atoms with Crippen molar-refractivity contribution in [2.45, 2.75) is 42.0 Å². The SMILES string of the molecule is O=C1CCCC2=C1C(c1ccc(Sc3nc4ccc(OC(F)F)cc4[nH]3)o1)c1cn[nH]c1N2. The molecule has 1 aromatic carbocycles. The third-order valence-corrected chi connectivity index (χ3v) is 6.55. The van der Waals surface area contributed by atoms with Crippen molar-refractivity contribution in [2.24, 2.45) is 0 Å². The number of aromatic amines is 2. The molecular formula is C22H17F2N5O3S. The van der Waals surface area contributed by atoms with Gasteiger partial charge in [-0.05, 0) is 48.9 Å². The zero-order chi connectivity index (χ0) is 22.5. The topological polar surface area (TPSA) is 109 Å². The van der Waals surface area contributed by atoms with Gasteiger partial charge in [0.15, 0.2) is 16.0 Å². The smallest absolute Gasteiger partial charge is 0.387 e. The van der Waals surface area contributed by atoms with E-state index >= 15 is 0 Å². The van der Waals surface area contributed by atoms with Gasteiger partial charge in [-0.15, -0.1) is 0 Å². The van der Waals surface area contributed by atoms with Crippen LogP contribution in [-0.4, -0.2) is 32.6 Å². The molecule has 3 aromatic heterocycles. The number of fused-ring (bicyclic) bond motifs is 2. The molecule has 4 aromatic rings. The molecule has 33 heavy (non-hydrogen) atoms. The predicted octanol–water partition coefficient (Wildman–Crippen LogP) is 5.20. The number of hydrogen-bond acceptors (Lipinski definition) is 7. The van der Waals surface area contributed by atoms with Crippen LogP contribution in [0.25, 0.3) is 11.0 Å². The van der Waals surface area contributed by atoms with Crippen molar-refractivity contribution in [3.63, 3.8) is 0 Å². The van der Waals surface area contributed by atoms with E-state index in [0.717, 1.165) is 35.5 Å². The number of carbonyl (C=O) groups is 1. The van der Waals surface area contributed by atoms with Gasteiger partial charge in [-0.2, -0.15) is 13.9 Å². The van der Waals surface area contributed by atoms with Crippen molar-refractivity contribution in [1.82, 2.24) is 20.2 Å². The summed E-state index contributed by atoms with van der Waals surface area (Å²) in [6.07, 6.45) is 3.85. The fourth-order valence-electron chi connectivity index (χ4n) is 4.37. The van der Waals surface area contributed by atoms with Gasteiger partial charge in [0.1, 0.15) is 17.3 Å². The Kier molecular flexibility index (Phi) is 4.72. The van der Waals surface area contributed by atoms with Crippen molar-refractivity contribution >= 4 is 34.4 Å². The highest BCUT2D eigenvalue weighted by Crippen LogP contribution is 2.45. The summed E-state index contributed by atoms with van der Waals surface area (Å²) >= 11 is 1.27. The van der Waals surface area contributed by atoms with E-state index < -0.39 is 6.61 Å². The van der Waals surface area contributed by atoms with E-state index in [4.69, 9.17) is 4.42 Å². The Bertz CT molecular complexity index is 1410. The van der Waals surface area contributed by atoms with Crippen molar-refractivity contribution in [3.05, 3.63) is 59.1 Å². The quantitative estimate of drug-likeness (QED) is 0.369. The van der Waals surface area contributed by atoms with Crippen LogP contribution in [0.5, 0.6) is 5.75 Å². The minimum Gasteiger partial charge on any atom is -0.453 e. The summed E-state index contributed by atoms with van der Waals surface area (Å²) < 4.78 is 35.5. The first-order chi connectivity index (χ1) is 16.0. The van der Waals surface area contributed by atoms with Gasteiger partial charge in [0.25, 0.3) is 0 Å². The number of alkyl halides is 2. The van der Waals surface area contributed by atoms with E-state index in [1.807, 2.05) is 12.1 Å². The van der Waals surface area contributed by atoms with Gasteiger partial charge in [0.05, 0.1) is 23.1 Å². The zero-order valence-corrected chi connectivity index (χ0v) is 17.8. The van der Waals surface area contributed by atoms with Crippen LogP contribution in [0.15, 0.2) is 62.5 Å². The summed E-state index contributed by atoms with van der Waals surface area (Å²) in [7, 11) is 0. The normalized spacial score (nSPS) is 17.9. The Hall–Kier alpha value is -3.60. The first kappa shape index (κ1) is 20.0. The second-order valence-electron chi connectivity index (χ2n) is 7.79. The van der Waals surface area contributed by atoms with E-state index in [1.165, 1.54) is 23.9 Å². The highest BCUT2D eigenvalue weighted by molar-refractivity contribution is 7.99. The predicted molar refractivity (Wildman–Crippen MR) is 115 cm³/mol. The van der Waals surface area contributed by atoms with Crippen molar-refractivity contribution in [2.75, 3.05) is 5.32 Å². The Balaban J connectivity index is 1.30. The van der Waals surface area contributed by atoms with Gasteiger partial charge < -0.3 is 19.5 Å². The molecule has 2 aliphatic rings. The number of H-pyrrole nitrogens is 2. The lowest BCUT2D eigenvalue weighted by molar-refractivity contribution is -0.116. The molecule has 3 N–H and O–H groups in total. The van der Waals surface area contributed by atoms with Crippen LogP contribution in [0.2, 0.25) is 0 Å². The minimum atomic E-state index is -2.89. The number of rotatable bonds is 5. The number of halogens is 2. The molecule has 0 saturated heterocycles. The number of furan rings is 1. The van der Waals surface area contributed by atoms with Gasteiger partial charge >= 0.3 is 6.61 Å². The van der Waals surface area contributed by atoms with Crippen LogP contribution in [0.4, 0.5) is 14.6 Å². The summed E-state index contributed by atoms with van der Waals surface area (Å²) in [5.41, 5.74) is 3.71. The van der Waals surface area contributed by atoms with Crippen LogP contribution >= 0.6 is 11.8 Å². The van der Waals surface area contributed by atoms with E-state index in [1.54, 1.807) is 12.3 Å². The Morgan fingerprint density at radius 3 is 3.00 bits per heavy atom. The average Bonchev–Trinajstić information content (AvgIpc) is 3.51. The summed E-state index contributed by atoms with van der Waals surface area (Å²) in [5.74, 6) is 1.26. The zero-order valence-electron chi connectivity index (χ0n) is 17.0. The summed E-state index contributed by atoms with van der Waals surface area (Å²) in [4.78, 5) is 20.3. The molecule has 0 bridgehead atoms. The number of benzene rings is 1. The molecule has 0 radical (unpaired) electrons. The fraction of sp³-hybridized carbons (Fsp3) is 0.227. The van der Waals surface area contributed by atoms with Gasteiger partial charge in [-0.1, -0.05) is 0 Å². The van der Waals surface area contributed by atoms with E-state index in [-0.39, 0.29) is 17.5 Å². The first-order valence-corrected chi connectivity index (χ1v) is 11.2. The molecule has 0 saturated carbocycles. The molecule has 0 fully saturated rings. The maximum absolute atomic E-state index is 12.8. The number of ketones is 1. The van der Waals surface area contributed by atoms with Crippen molar-refractivity contribution < 1.29 is 22.7 Å². The standard InChI is InChI=1S/C22H17F2N5O3S/c23-21(24)31-10-4-5-12-14(8-10)28-22(27-12)33-17-7-6-16(32-17)18-11-9-25-29-20(11)26-13-2-1-3-15(30)19(13)18/h4-9,18,21H,1-3H2,(H,27,28)(H2,25,26,29). The summed E-state index contributed by atoms with van der Waals surface area (Å²) in [6, 6.07) is 8.22. The lowest BCUT2D eigenvalue weighted by Gasteiger charge is -2.30. The molecule has 0 spiro atoms. The van der Waals surface area contributed by atoms with Gasteiger partial charge in [0.2, 0.25) is 0 Å². The molecule has 1 unspecified atom stereocenters. The number of hydrogen-bond donors (Lipinski definition) is 3. The largest absolute Gasteiger partial charge is 0.453 e. The van der Waals surface area contributed by atoms with Crippen LogP contribution < -0.4 is 10.1 Å². The molecular weight excluding hydrogens is 452 g/mol. The average molecular weight is 469 g/mol. The Labute approximate surface area is 189 Å². The van der Waals surface area contributed by atoms with E-state index in [2.05, 4.69) is 30.2 Å². The maximum atomic E-state index is 12.8. The molecule has 11 heteroatoms. The molecule has 1 aliphatic heterocycles. The van der Waals surface area contributed by atoms with Crippen LogP contribution in [0, 0.1) is 0 Å². The van der Waals surface area contributed by atoms with Gasteiger partial charge in [-0.25, -0.2) is 4.98 Å². The van der Waals surface area contributed by atoms with Crippen molar-refractivity contribution in [3.8, 4) is 5.75 Å². The first-order valence-electron chi connectivity index (χ1n) is 10.3. The minimum absolute atomic E-state index is 0.0565. The third-order valence-electron chi connectivity index (χ3n) is 5.74. The fourth-order valence-corrected chi connectivity index (χ4v) is 5.14. The third kappa shape index (κ3) is 3.58. The molecule has 4 heterocycles. The molecule has 1 aliphatic carbocycles. The van der Waals surface area contributed by atoms with Crippen LogP contribution in [0.1, 0.15) is 36.5 Å². The monoisotopic (exact) mass is 469 g/mol. The number of nitrogens with one attached hydrogen (secondary N) is 3. The number of nitrogens with zero attached hydrogens (tertiary/aromatic N) is 2.